The summed E-state index contributed by atoms with van der Waals surface area (Å²) in [6, 6.07) is 0. The van der Waals surface area contributed by atoms with Crippen molar-refractivity contribution >= 4 is 11.9 Å². The fourth-order valence-corrected chi connectivity index (χ4v) is 3.98. The number of esters is 1. The van der Waals surface area contributed by atoms with Crippen molar-refractivity contribution in [3.63, 3.8) is 0 Å². The minimum atomic E-state index is -0.382. The van der Waals surface area contributed by atoms with E-state index in [4.69, 9.17) is 29.2 Å². The van der Waals surface area contributed by atoms with E-state index in [-0.39, 0.29) is 17.5 Å². The Kier molecular flexibility index (Phi) is 28.2. The quantitative estimate of drug-likeness (QED) is 0.0343. The molecule has 0 heterocycles. The van der Waals surface area contributed by atoms with E-state index in [0.717, 1.165) is 25.7 Å². The number of nitrogens with zero attached hydrogens (tertiary/aromatic N) is 3. The first-order valence-electron chi connectivity index (χ1n) is 15.7. The molecule has 1 amide bonds. The molecule has 240 valence electrons. The van der Waals surface area contributed by atoms with Gasteiger partial charge in [-0.25, -0.2) is 0 Å². The van der Waals surface area contributed by atoms with E-state index in [1.807, 2.05) is 20.8 Å². The van der Waals surface area contributed by atoms with Crippen LogP contribution in [0.25, 0.3) is 10.4 Å². The van der Waals surface area contributed by atoms with E-state index in [9.17, 15) is 9.59 Å². The van der Waals surface area contributed by atoms with Gasteiger partial charge in [-0.3, -0.25) is 9.59 Å². The van der Waals surface area contributed by atoms with Gasteiger partial charge in [0.15, 0.2) is 0 Å². The van der Waals surface area contributed by atoms with Crippen LogP contribution in [0.4, 0.5) is 0 Å². The molecule has 0 unspecified atom stereocenters. The SMILES string of the molecule is CC(C)(C)OC(=O)CCCCCCCCCCCCCCC(=O)NCCOCCOCCOCCOCCN=[N+]=[N-]. The minimum Gasteiger partial charge on any atom is -0.460 e. The standard InChI is InChI=1S/C30H58N4O7/c1-30(2,3)41-29(36)17-15-13-11-9-7-5-4-6-8-10-12-14-16-28(35)32-18-20-37-22-24-39-26-27-40-25-23-38-21-19-33-34-31/h4-27H2,1-3H3,(H,32,35). The Labute approximate surface area is 248 Å². The molecule has 0 rings (SSSR count). The number of amides is 1. The van der Waals surface area contributed by atoms with Crippen molar-refractivity contribution in [2.24, 2.45) is 5.11 Å². The number of carbonyl (C=O) groups is 2. The summed E-state index contributed by atoms with van der Waals surface area (Å²) in [5.74, 6) is 0.0105. The highest BCUT2D eigenvalue weighted by atomic mass is 16.6. The van der Waals surface area contributed by atoms with E-state index in [2.05, 4.69) is 15.3 Å². The lowest BCUT2D eigenvalue weighted by molar-refractivity contribution is -0.154. The van der Waals surface area contributed by atoms with Gasteiger partial charge >= 0.3 is 5.97 Å². The van der Waals surface area contributed by atoms with Crippen molar-refractivity contribution in [3.8, 4) is 0 Å². The van der Waals surface area contributed by atoms with Crippen LogP contribution in [0.3, 0.4) is 0 Å². The highest BCUT2D eigenvalue weighted by Crippen LogP contribution is 2.14. The van der Waals surface area contributed by atoms with E-state index in [0.29, 0.717) is 78.8 Å². The molecule has 0 atom stereocenters. The molecule has 41 heavy (non-hydrogen) atoms. The van der Waals surface area contributed by atoms with Gasteiger partial charge < -0.3 is 29.0 Å². The Bertz CT molecular complexity index is 668. The highest BCUT2D eigenvalue weighted by Gasteiger charge is 2.15. The minimum absolute atomic E-state index is 0.0820. The van der Waals surface area contributed by atoms with Crippen LogP contribution in [-0.4, -0.2) is 83.4 Å². The molecule has 0 aromatic carbocycles. The van der Waals surface area contributed by atoms with Gasteiger partial charge in [-0.15, -0.1) is 0 Å². The normalized spacial score (nSPS) is 11.3. The Morgan fingerprint density at radius 1 is 0.634 bits per heavy atom. The first-order chi connectivity index (χ1) is 19.8. The molecular formula is C30H58N4O7. The number of rotatable bonds is 30. The topological polar surface area (TPSA) is 141 Å². The largest absolute Gasteiger partial charge is 0.460 e. The number of carbonyl (C=O) groups excluding carboxylic acids is 2. The molecule has 0 bridgehead atoms. The number of hydrogen-bond acceptors (Lipinski definition) is 8. The fourth-order valence-electron chi connectivity index (χ4n) is 3.98. The fraction of sp³-hybridized carbons (Fsp3) is 0.933. The van der Waals surface area contributed by atoms with Crippen LogP contribution in [0.2, 0.25) is 0 Å². The second kappa shape index (κ2) is 29.6. The predicted octanol–water partition coefficient (Wildman–Crippen LogP) is 6.28. The summed E-state index contributed by atoms with van der Waals surface area (Å²) in [6.45, 7) is 10.3. The van der Waals surface area contributed by atoms with Crippen LogP contribution in [-0.2, 0) is 33.3 Å². The van der Waals surface area contributed by atoms with Crippen molar-refractivity contribution in [1.29, 1.82) is 0 Å². The van der Waals surface area contributed by atoms with Gasteiger partial charge in [0.05, 0.1) is 52.9 Å². The van der Waals surface area contributed by atoms with Gasteiger partial charge in [-0.2, -0.15) is 0 Å². The lowest BCUT2D eigenvalue weighted by atomic mass is 10.0. The maximum absolute atomic E-state index is 11.9. The third-order valence-corrected chi connectivity index (χ3v) is 6.04. The van der Waals surface area contributed by atoms with Crippen LogP contribution < -0.4 is 5.32 Å². The van der Waals surface area contributed by atoms with Gasteiger partial charge in [0.1, 0.15) is 5.60 Å². The van der Waals surface area contributed by atoms with Gasteiger partial charge in [0, 0.05) is 30.8 Å². The Morgan fingerprint density at radius 2 is 1.05 bits per heavy atom. The molecule has 0 saturated carbocycles. The predicted molar refractivity (Wildman–Crippen MR) is 161 cm³/mol. The van der Waals surface area contributed by atoms with Crippen molar-refractivity contribution in [2.45, 2.75) is 116 Å². The van der Waals surface area contributed by atoms with Gasteiger partial charge in [0.25, 0.3) is 0 Å². The lowest BCUT2D eigenvalue weighted by Crippen LogP contribution is -2.27. The lowest BCUT2D eigenvalue weighted by Gasteiger charge is -2.19. The second-order valence-electron chi connectivity index (χ2n) is 11.1. The Morgan fingerprint density at radius 3 is 1.51 bits per heavy atom. The van der Waals surface area contributed by atoms with Crippen LogP contribution in [0, 0.1) is 0 Å². The second-order valence-corrected chi connectivity index (χ2v) is 11.1. The summed E-state index contributed by atoms with van der Waals surface area (Å²) < 4.78 is 26.8. The Hall–Kier alpha value is -1.91. The third-order valence-electron chi connectivity index (χ3n) is 6.04. The maximum atomic E-state index is 11.9. The number of unbranched alkanes of at least 4 members (excludes halogenated alkanes) is 11. The zero-order valence-electron chi connectivity index (χ0n) is 26.2. The molecule has 11 heteroatoms. The van der Waals surface area contributed by atoms with E-state index < -0.39 is 0 Å². The molecule has 0 aliphatic rings. The van der Waals surface area contributed by atoms with Crippen molar-refractivity contribution in [3.05, 3.63) is 10.4 Å². The summed E-state index contributed by atoms with van der Waals surface area (Å²) in [5.41, 5.74) is 7.75. The summed E-state index contributed by atoms with van der Waals surface area (Å²) >= 11 is 0. The third kappa shape index (κ3) is 34.2. The zero-order chi connectivity index (χ0) is 30.3. The monoisotopic (exact) mass is 586 g/mol. The van der Waals surface area contributed by atoms with Crippen LogP contribution >= 0.6 is 0 Å². The molecule has 0 fully saturated rings. The number of hydrogen-bond donors (Lipinski definition) is 1. The molecule has 0 aromatic rings. The molecule has 0 radical (unpaired) electrons. The highest BCUT2D eigenvalue weighted by molar-refractivity contribution is 5.75. The smallest absolute Gasteiger partial charge is 0.306 e. The summed E-state index contributed by atoms with van der Waals surface area (Å²) in [4.78, 5) is 26.2. The summed E-state index contributed by atoms with van der Waals surface area (Å²) in [5, 5.41) is 6.28. The molecular weight excluding hydrogens is 528 g/mol. The Balaban J connectivity index is 3.23. The first-order valence-corrected chi connectivity index (χ1v) is 15.7. The molecule has 0 aliphatic carbocycles. The van der Waals surface area contributed by atoms with Gasteiger partial charge in [-0.05, 0) is 39.1 Å². The average Bonchev–Trinajstić information content (AvgIpc) is 2.92. The number of nitrogens with one attached hydrogen (secondary N) is 1. The summed E-state index contributed by atoms with van der Waals surface area (Å²) in [6.07, 6.45) is 15.2. The van der Waals surface area contributed by atoms with Crippen molar-refractivity contribution in [2.75, 3.05) is 65.9 Å². The maximum Gasteiger partial charge on any atom is 0.306 e. The van der Waals surface area contributed by atoms with E-state index in [1.165, 1.54) is 51.4 Å². The van der Waals surface area contributed by atoms with Crippen molar-refractivity contribution < 1.29 is 33.3 Å². The van der Waals surface area contributed by atoms with E-state index >= 15 is 0 Å². The van der Waals surface area contributed by atoms with Crippen LogP contribution in [0.5, 0.6) is 0 Å². The average molecular weight is 587 g/mol. The van der Waals surface area contributed by atoms with Crippen LogP contribution in [0.15, 0.2) is 5.11 Å². The van der Waals surface area contributed by atoms with Crippen molar-refractivity contribution in [1.82, 2.24) is 5.32 Å². The number of ether oxygens (including phenoxy) is 5. The number of azide groups is 1. The molecule has 0 aliphatic heterocycles. The molecule has 1 N–H and O–H groups in total. The molecule has 0 spiro atoms. The first kappa shape index (κ1) is 39.1. The molecule has 0 aromatic heterocycles. The summed E-state index contributed by atoms with van der Waals surface area (Å²) in [7, 11) is 0. The van der Waals surface area contributed by atoms with Gasteiger partial charge in [0.2, 0.25) is 5.91 Å². The zero-order valence-corrected chi connectivity index (χ0v) is 26.2. The molecule has 11 nitrogen and oxygen atoms in total. The van der Waals surface area contributed by atoms with E-state index in [1.54, 1.807) is 0 Å². The van der Waals surface area contributed by atoms with Gasteiger partial charge in [-0.1, -0.05) is 69.3 Å². The molecule has 0 saturated heterocycles. The van der Waals surface area contributed by atoms with Crippen LogP contribution in [0.1, 0.15) is 111 Å².